The highest BCUT2D eigenvalue weighted by molar-refractivity contribution is 9.10. The van der Waals surface area contributed by atoms with Crippen LogP contribution in [0.1, 0.15) is 24.2 Å². The van der Waals surface area contributed by atoms with Crippen molar-refractivity contribution in [1.29, 1.82) is 0 Å². The predicted octanol–water partition coefficient (Wildman–Crippen LogP) is 2.27. The summed E-state index contributed by atoms with van der Waals surface area (Å²) >= 11 is 3.34. The van der Waals surface area contributed by atoms with Gasteiger partial charge in [-0.3, -0.25) is 9.78 Å². The number of carbonyl (C=O) groups is 1. The first kappa shape index (κ1) is 9.65. The summed E-state index contributed by atoms with van der Waals surface area (Å²) in [6, 6.07) is 3.65. The van der Waals surface area contributed by atoms with Crippen molar-refractivity contribution in [2.24, 2.45) is 0 Å². The number of aromatic nitrogens is 1. The molecule has 0 aliphatic heterocycles. The molecule has 0 radical (unpaired) electrons. The van der Waals surface area contributed by atoms with Crippen LogP contribution in [0.3, 0.4) is 0 Å². The number of carboxylic acids is 1. The first-order chi connectivity index (χ1) is 6.56. The van der Waals surface area contributed by atoms with Gasteiger partial charge in [0.1, 0.15) is 5.41 Å². The summed E-state index contributed by atoms with van der Waals surface area (Å²) in [6.45, 7) is 1.87. The summed E-state index contributed by atoms with van der Waals surface area (Å²) in [7, 11) is 0. The number of carboxylic acid groups (broad SMARTS) is 1. The molecule has 1 aromatic heterocycles. The summed E-state index contributed by atoms with van der Waals surface area (Å²) in [5, 5.41) is 9.07. The van der Waals surface area contributed by atoms with Crippen LogP contribution in [-0.2, 0) is 10.2 Å². The van der Waals surface area contributed by atoms with Crippen molar-refractivity contribution in [3.8, 4) is 0 Å². The lowest BCUT2D eigenvalue weighted by Gasteiger charge is -2.10. The Bertz CT molecular complexity index is 399. The molecule has 1 aliphatic carbocycles. The minimum atomic E-state index is -0.758. The van der Waals surface area contributed by atoms with Gasteiger partial charge in [-0.25, -0.2) is 0 Å². The second kappa shape index (κ2) is 3.05. The molecule has 2 rings (SSSR count). The van der Waals surface area contributed by atoms with Crippen molar-refractivity contribution in [3.05, 3.63) is 28.0 Å². The van der Waals surface area contributed by atoms with Gasteiger partial charge in [-0.2, -0.15) is 0 Å². The Kier molecular flexibility index (Phi) is 2.10. The Morgan fingerprint density at radius 1 is 1.57 bits per heavy atom. The monoisotopic (exact) mass is 255 g/mol. The van der Waals surface area contributed by atoms with Gasteiger partial charge >= 0.3 is 5.97 Å². The second-order valence-corrected chi connectivity index (χ2v) is 4.51. The fraction of sp³-hybridized carbons (Fsp3) is 0.400. The molecule has 1 aromatic rings. The Hall–Kier alpha value is -0.900. The largest absolute Gasteiger partial charge is 0.481 e. The van der Waals surface area contributed by atoms with Gasteiger partial charge in [-0.05, 0) is 47.8 Å². The van der Waals surface area contributed by atoms with E-state index in [4.69, 9.17) is 5.11 Å². The number of hydrogen-bond donors (Lipinski definition) is 1. The minimum Gasteiger partial charge on any atom is -0.481 e. The van der Waals surface area contributed by atoms with Crippen molar-refractivity contribution in [2.75, 3.05) is 0 Å². The van der Waals surface area contributed by atoms with E-state index in [1.165, 1.54) is 0 Å². The molecule has 1 N–H and O–H groups in total. The molecule has 0 atom stereocenters. The lowest BCUT2D eigenvalue weighted by Crippen LogP contribution is -2.21. The third-order valence-electron chi connectivity index (χ3n) is 2.67. The van der Waals surface area contributed by atoms with Crippen molar-refractivity contribution in [2.45, 2.75) is 25.2 Å². The van der Waals surface area contributed by atoms with Gasteiger partial charge in [0.25, 0.3) is 0 Å². The number of hydrogen-bond acceptors (Lipinski definition) is 2. The van der Waals surface area contributed by atoms with Crippen LogP contribution < -0.4 is 0 Å². The maximum Gasteiger partial charge on any atom is 0.315 e. The molecule has 3 nitrogen and oxygen atoms in total. The molecule has 0 unspecified atom stereocenters. The van der Waals surface area contributed by atoms with Crippen LogP contribution >= 0.6 is 15.9 Å². The number of aliphatic carboxylic acids is 1. The van der Waals surface area contributed by atoms with E-state index in [0.29, 0.717) is 18.5 Å². The molecule has 1 heterocycles. The average Bonchev–Trinajstić information content (AvgIpc) is 2.90. The van der Waals surface area contributed by atoms with Gasteiger partial charge in [0, 0.05) is 4.47 Å². The second-order valence-electron chi connectivity index (χ2n) is 3.65. The quantitative estimate of drug-likeness (QED) is 0.882. The highest BCUT2D eigenvalue weighted by Gasteiger charge is 2.53. The first-order valence-corrected chi connectivity index (χ1v) is 5.22. The minimum absolute atomic E-state index is 0.686. The molecule has 0 bridgehead atoms. The highest BCUT2D eigenvalue weighted by Crippen LogP contribution is 2.47. The molecule has 1 aliphatic rings. The number of nitrogens with zero attached hydrogens (tertiary/aromatic N) is 1. The Labute approximate surface area is 90.3 Å². The molecule has 4 heteroatoms. The zero-order chi connectivity index (χ0) is 10.3. The van der Waals surface area contributed by atoms with Gasteiger partial charge in [0.15, 0.2) is 0 Å². The molecule has 1 fully saturated rings. The van der Waals surface area contributed by atoms with Gasteiger partial charge < -0.3 is 5.11 Å². The Morgan fingerprint density at radius 3 is 2.64 bits per heavy atom. The Balaban J connectivity index is 2.43. The third kappa shape index (κ3) is 1.34. The van der Waals surface area contributed by atoms with Crippen molar-refractivity contribution in [3.63, 3.8) is 0 Å². The predicted molar refractivity (Wildman–Crippen MR) is 55.2 cm³/mol. The van der Waals surface area contributed by atoms with Crippen molar-refractivity contribution in [1.82, 2.24) is 4.98 Å². The summed E-state index contributed by atoms with van der Waals surface area (Å²) < 4.78 is 0.919. The fourth-order valence-electron chi connectivity index (χ4n) is 1.52. The topological polar surface area (TPSA) is 50.2 Å². The summed E-state index contributed by atoms with van der Waals surface area (Å²) in [5.74, 6) is -0.758. The van der Waals surface area contributed by atoms with E-state index in [1.54, 1.807) is 6.07 Å². The zero-order valence-corrected chi connectivity index (χ0v) is 9.34. The average molecular weight is 256 g/mol. The van der Waals surface area contributed by atoms with Crippen LogP contribution in [-0.4, -0.2) is 16.1 Å². The summed E-state index contributed by atoms with van der Waals surface area (Å²) in [4.78, 5) is 15.3. The van der Waals surface area contributed by atoms with E-state index < -0.39 is 11.4 Å². The van der Waals surface area contributed by atoms with Crippen molar-refractivity contribution < 1.29 is 9.90 Å². The van der Waals surface area contributed by atoms with Crippen LogP contribution in [0.15, 0.2) is 16.6 Å². The van der Waals surface area contributed by atoms with Gasteiger partial charge in [-0.15, -0.1) is 0 Å². The number of pyridine rings is 1. The van der Waals surface area contributed by atoms with Crippen LogP contribution in [0.4, 0.5) is 0 Å². The standard InChI is InChI=1S/C10H10BrNO2/c1-6-7(11)2-3-8(12-6)10(4-5-10)9(13)14/h2-3H,4-5H2,1H3,(H,13,14). The van der Waals surface area contributed by atoms with Crippen LogP contribution in [0.2, 0.25) is 0 Å². The van der Waals surface area contributed by atoms with E-state index in [1.807, 2.05) is 13.0 Å². The van der Waals surface area contributed by atoms with Crippen LogP contribution in [0.25, 0.3) is 0 Å². The fourth-order valence-corrected chi connectivity index (χ4v) is 1.74. The van der Waals surface area contributed by atoms with E-state index in [2.05, 4.69) is 20.9 Å². The van der Waals surface area contributed by atoms with E-state index >= 15 is 0 Å². The third-order valence-corrected chi connectivity index (χ3v) is 3.51. The van der Waals surface area contributed by atoms with Crippen LogP contribution in [0.5, 0.6) is 0 Å². The highest BCUT2D eigenvalue weighted by atomic mass is 79.9. The summed E-state index contributed by atoms with van der Waals surface area (Å²) in [6.07, 6.45) is 1.41. The summed E-state index contributed by atoms with van der Waals surface area (Å²) in [5.41, 5.74) is 0.839. The molecule has 0 spiro atoms. The van der Waals surface area contributed by atoms with Gasteiger partial charge in [0.2, 0.25) is 0 Å². The molecule has 0 amide bonds. The van der Waals surface area contributed by atoms with Crippen LogP contribution in [0, 0.1) is 6.92 Å². The molecule has 14 heavy (non-hydrogen) atoms. The van der Waals surface area contributed by atoms with Crippen molar-refractivity contribution >= 4 is 21.9 Å². The maximum atomic E-state index is 11.0. The van der Waals surface area contributed by atoms with E-state index in [0.717, 1.165) is 10.2 Å². The Morgan fingerprint density at radius 2 is 2.21 bits per heavy atom. The SMILES string of the molecule is Cc1nc(C2(C(=O)O)CC2)ccc1Br. The molecular weight excluding hydrogens is 246 g/mol. The number of rotatable bonds is 2. The molecular formula is C10H10BrNO2. The number of halogens is 1. The lowest BCUT2D eigenvalue weighted by atomic mass is 10.0. The van der Waals surface area contributed by atoms with E-state index in [9.17, 15) is 4.79 Å². The normalized spacial score (nSPS) is 17.9. The molecule has 0 saturated heterocycles. The molecule has 0 aromatic carbocycles. The molecule has 1 saturated carbocycles. The maximum absolute atomic E-state index is 11.0. The lowest BCUT2D eigenvalue weighted by molar-refractivity contribution is -0.140. The smallest absolute Gasteiger partial charge is 0.315 e. The zero-order valence-electron chi connectivity index (χ0n) is 7.75. The van der Waals surface area contributed by atoms with E-state index in [-0.39, 0.29) is 0 Å². The number of aryl methyl sites for hydroxylation is 1. The first-order valence-electron chi connectivity index (χ1n) is 4.43. The molecule has 74 valence electrons. The van der Waals surface area contributed by atoms with Gasteiger partial charge in [-0.1, -0.05) is 0 Å². The van der Waals surface area contributed by atoms with Gasteiger partial charge in [0.05, 0.1) is 11.4 Å².